The second-order valence-corrected chi connectivity index (χ2v) is 5.71. The molecule has 94 valence electrons. The van der Waals surface area contributed by atoms with Crippen molar-refractivity contribution in [1.82, 2.24) is 10.2 Å². The first-order valence-electron chi connectivity index (χ1n) is 5.46. The zero-order valence-corrected chi connectivity index (χ0v) is 10.6. The number of alkyl carbamates (subject to hydrolysis) is 1. The van der Waals surface area contributed by atoms with Gasteiger partial charge < -0.3 is 15.0 Å². The maximum absolute atomic E-state index is 13.7. The lowest BCUT2D eigenvalue weighted by molar-refractivity contribution is 0.0430. The second-order valence-electron chi connectivity index (χ2n) is 5.71. The van der Waals surface area contributed by atoms with Crippen molar-refractivity contribution < 1.29 is 13.9 Å². The van der Waals surface area contributed by atoms with Gasteiger partial charge in [0.15, 0.2) is 0 Å². The van der Waals surface area contributed by atoms with Gasteiger partial charge in [0.05, 0.1) is 5.54 Å². The Morgan fingerprint density at radius 1 is 1.56 bits per heavy atom. The number of carbonyl (C=O) groups is 1. The zero-order chi connectivity index (χ0) is 12.6. The fourth-order valence-corrected chi connectivity index (χ4v) is 1.85. The first kappa shape index (κ1) is 13.2. The van der Waals surface area contributed by atoms with Crippen molar-refractivity contribution in [2.75, 3.05) is 20.1 Å². The number of likely N-dealkylation sites (tertiary alicyclic amines) is 1. The molecule has 1 aliphatic rings. The largest absolute Gasteiger partial charge is 0.444 e. The Bertz CT molecular complexity index is 278. The van der Waals surface area contributed by atoms with Crippen molar-refractivity contribution in [2.24, 2.45) is 0 Å². The van der Waals surface area contributed by atoms with E-state index < -0.39 is 23.4 Å². The van der Waals surface area contributed by atoms with Gasteiger partial charge in [-0.25, -0.2) is 9.18 Å². The molecular formula is C11H21FN2O2. The summed E-state index contributed by atoms with van der Waals surface area (Å²) >= 11 is 0. The van der Waals surface area contributed by atoms with Crippen LogP contribution < -0.4 is 5.32 Å². The molecule has 1 saturated heterocycles. The van der Waals surface area contributed by atoms with Crippen molar-refractivity contribution in [2.45, 2.75) is 45.0 Å². The first-order valence-corrected chi connectivity index (χ1v) is 5.46. The van der Waals surface area contributed by atoms with Gasteiger partial charge in [-0.2, -0.15) is 0 Å². The van der Waals surface area contributed by atoms with E-state index in [1.165, 1.54) is 0 Å². The average Bonchev–Trinajstić information content (AvgIpc) is 2.19. The number of hydrogen-bond donors (Lipinski definition) is 1. The Hall–Kier alpha value is -0.840. The summed E-state index contributed by atoms with van der Waals surface area (Å²) < 4.78 is 18.8. The van der Waals surface area contributed by atoms with Crippen LogP contribution in [0.15, 0.2) is 0 Å². The van der Waals surface area contributed by atoms with Gasteiger partial charge >= 0.3 is 6.09 Å². The third kappa shape index (κ3) is 3.33. The average molecular weight is 232 g/mol. The molecule has 0 saturated carbocycles. The topological polar surface area (TPSA) is 41.6 Å². The Kier molecular flexibility index (Phi) is 3.47. The van der Waals surface area contributed by atoms with Crippen LogP contribution in [0.3, 0.4) is 0 Å². The van der Waals surface area contributed by atoms with Crippen molar-refractivity contribution >= 4 is 6.09 Å². The van der Waals surface area contributed by atoms with E-state index in [1.54, 1.807) is 27.7 Å². The molecule has 0 spiro atoms. The molecule has 5 heteroatoms. The monoisotopic (exact) mass is 232 g/mol. The number of amides is 1. The highest BCUT2D eigenvalue weighted by Crippen LogP contribution is 2.23. The summed E-state index contributed by atoms with van der Waals surface area (Å²) in [6.07, 6.45) is -1.63. The van der Waals surface area contributed by atoms with E-state index in [2.05, 4.69) is 5.32 Å². The van der Waals surface area contributed by atoms with E-state index in [1.807, 2.05) is 11.9 Å². The van der Waals surface area contributed by atoms with E-state index >= 15 is 0 Å². The Morgan fingerprint density at radius 3 is 2.50 bits per heavy atom. The third-order valence-electron chi connectivity index (χ3n) is 2.55. The summed E-state index contributed by atoms with van der Waals surface area (Å²) in [6, 6.07) is 0. The molecular weight excluding hydrogens is 211 g/mol. The molecule has 0 aliphatic carbocycles. The number of ether oxygens (including phenoxy) is 1. The Morgan fingerprint density at radius 2 is 2.12 bits per heavy atom. The molecule has 0 aromatic heterocycles. The zero-order valence-electron chi connectivity index (χ0n) is 10.6. The van der Waals surface area contributed by atoms with Gasteiger partial charge in [0.25, 0.3) is 0 Å². The maximum atomic E-state index is 13.7. The van der Waals surface area contributed by atoms with Crippen molar-refractivity contribution in [3.63, 3.8) is 0 Å². The number of halogens is 1. The maximum Gasteiger partial charge on any atom is 0.408 e. The Labute approximate surface area is 96.1 Å². The fraction of sp³-hybridized carbons (Fsp3) is 0.909. The summed E-state index contributed by atoms with van der Waals surface area (Å²) in [7, 11) is 1.83. The number of hydrogen-bond acceptors (Lipinski definition) is 3. The number of rotatable bonds is 1. The number of nitrogens with one attached hydrogen (secondary N) is 1. The van der Waals surface area contributed by atoms with Crippen LogP contribution in [0.5, 0.6) is 0 Å². The molecule has 0 bridgehead atoms. The minimum Gasteiger partial charge on any atom is -0.444 e. The normalized spacial score (nSPS) is 31.5. The molecule has 0 radical (unpaired) electrons. The van der Waals surface area contributed by atoms with E-state index in [9.17, 15) is 9.18 Å². The second kappa shape index (κ2) is 4.20. The van der Waals surface area contributed by atoms with Crippen LogP contribution in [0.4, 0.5) is 9.18 Å². The van der Waals surface area contributed by atoms with Crippen LogP contribution in [0, 0.1) is 0 Å². The van der Waals surface area contributed by atoms with E-state index in [-0.39, 0.29) is 0 Å². The number of carbonyl (C=O) groups excluding carboxylic acids is 1. The van der Waals surface area contributed by atoms with Crippen molar-refractivity contribution in [3.8, 4) is 0 Å². The molecule has 1 heterocycles. The third-order valence-corrected chi connectivity index (χ3v) is 2.55. The summed E-state index contributed by atoms with van der Waals surface area (Å²) in [5.74, 6) is 0. The fourth-order valence-electron chi connectivity index (χ4n) is 1.85. The van der Waals surface area contributed by atoms with Gasteiger partial charge in [-0.15, -0.1) is 0 Å². The summed E-state index contributed by atoms with van der Waals surface area (Å²) in [5, 5.41) is 2.61. The molecule has 2 atom stereocenters. The highest BCUT2D eigenvalue weighted by Gasteiger charge is 2.44. The minimum absolute atomic E-state index is 0.340. The van der Waals surface area contributed by atoms with Gasteiger partial charge in [-0.3, -0.25) is 0 Å². The minimum atomic E-state index is -1.06. The molecule has 0 aromatic carbocycles. The molecule has 1 N–H and O–H groups in total. The van der Waals surface area contributed by atoms with Gasteiger partial charge in [-0.1, -0.05) is 0 Å². The van der Waals surface area contributed by atoms with Crippen LogP contribution in [0.25, 0.3) is 0 Å². The molecule has 1 aliphatic heterocycles. The van der Waals surface area contributed by atoms with Crippen LogP contribution in [-0.4, -0.2) is 48.4 Å². The molecule has 0 aromatic rings. The quantitative estimate of drug-likeness (QED) is 0.746. The smallest absolute Gasteiger partial charge is 0.408 e. The van der Waals surface area contributed by atoms with E-state index in [4.69, 9.17) is 4.74 Å². The van der Waals surface area contributed by atoms with Gasteiger partial charge in [0, 0.05) is 13.1 Å². The van der Waals surface area contributed by atoms with Crippen molar-refractivity contribution in [1.29, 1.82) is 0 Å². The lowest BCUT2D eigenvalue weighted by atomic mass is 10.0. The highest BCUT2D eigenvalue weighted by atomic mass is 19.1. The lowest BCUT2D eigenvalue weighted by Crippen LogP contribution is -2.54. The van der Waals surface area contributed by atoms with Crippen LogP contribution >= 0.6 is 0 Å². The van der Waals surface area contributed by atoms with Crippen LogP contribution in [0.2, 0.25) is 0 Å². The van der Waals surface area contributed by atoms with E-state index in [0.29, 0.717) is 13.1 Å². The van der Waals surface area contributed by atoms with Crippen LogP contribution in [-0.2, 0) is 4.74 Å². The summed E-state index contributed by atoms with van der Waals surface area (Å²) in [4.78, 5) is 13.4. The molecule has 1 amide bonds. The molecule has 16 heavy (non-hydrogen) atoms. The predicted octanol–water partition coefficient (Wildman–Crippen LogP) is 1.55. The molecule has 1 fully saturated rings. The predicted molar refractivity (Wildman–Crippen MR) is 60.2 cm³/mol. The van der Waals surface area contributed by atoms with Gasteiger partial charge in [-0.05, 0) is 34.7 Å². The Balaban J connectivity index is 2.57. The number of nitrogens with zero attached hydrogens (tertiary/aromatic N) is 1. The highest BCUT2D eigenvalue weighted by molar-refractivity contribution is 5.69. The van der Waals surface area contributed by atoms with E-state index in [0.717, 1.165) is 0 Å². The number of likely N-dealkylation sites (N-methyl/N-ethyl adjacent to an activating group) is 1. The molecule has 1 rings (SSSR count). The summed E-state index contributed by atoms with van der Waals surface area (Å²) in [5.41, 5.74) is -1.41. The standard InChI is InChI=1S/C11H21FN2O2/c1-10(2,3)16-9(15)13-11(4)7-14(5)6-8(11)12/h8H,6-7H2,1-5H3,(H,13,15)/t8?,11-/m1/s1. The van der Waals surface area contributed by atoms with Gasteiger partial charge in [0.1, 0.15) is 11.8 Å². The first-order chi connectivity index (χ1) is 7.12. The molecule has 4 nitrogen and oxygen atoms in total. The number of alkyl halides is 1. The van der Waals surface area contributed by atoms with Crippen LogP contribution in [0.1, 0.15) is 27.7 Å². The molecule has 1 unspecified atom stereocenters. The lowest BCUT2D eigenvalue weighted by Gasteiger charge is -2.29. The van der Waals surface area contributed by atoms with Crippen molar-refractivity contribution in [3.05, 3.63) is 0 Å². The SMILES string of the molecule is CN1CC(F)[C@](C)(NC(=O)OC(C)(C)C)C1. The van der Waals surface area contributed by atoms with Gasteiger partial charge in [0.2, 0.25) is 0 Å². The summed E-state index contributed by atoms with van der Waals surface area (Å²) in [6.45, 7) is 7.87.